The van der Waals surface area contributed by atoms with Crippen molar-refractivity contribution in [2.24, 2.45) is 0 Å². The van der Waals surface area contributed by atoms with Crippen molar-refractivity contribution in [3.8, 4) is 0 Å². The molecule has 28 heavy (non-hydrogen) atoms. The van der Waals surface area contributed by atoms with E-state index < -0.39 is 0 Å². The monoisotopic (exact) mass is 403 g/mol. The van der Waals surface area contributed by atoms with Crippen molar-refractivity contribution in [2.75, 3.05) is 31.1 Å². The van der Waals surface area contributed by atoms with Crippen LogP contribution in [0.4, 0.5) is 5.69 Å². The van der Waals surface area contributed by atoms with Crippen molar-refractivity contribution >= 4 is 34.2 Å². The van der Waals surface area contributed by atoms with Gasteiger partial charge in [0, 0.05) is 31.7 Å². The second kappa shape index (κ2) is 8.29. The van der Waals surface area contributed by atoms with Gasteiger partial charge in [-0.1, -0.05) is 37.8 Å². The Morgan fingerprint density at radius 2 is 2.07 bits per heavy atom. The number of piperazine rings is 1. The number of H-pyrrole nitrogens is 1. The molecule has 1 aliphatic carbocycles. The maximum absolute atomic E-state index is 12.6. The summed E-state index contributed by atoms with van der Waals surface area (Å²) in [5, 5.41) is 3.83. The molecular formula is C21H30ClN5O. The number of halogens is 1. The van der Waals surface area contributed by atoms with Gasteiger partial charge in [-0.3, -0.25) is 9.69 Å². The zero-order valence-electron chi connectivity index (χ0n) is 16.8. The predicted molar refractivity (Wildman–Crippen MR) is 114 cm³/mol. The van der Waals surface area contributed by atoms with Crippen LogP contribution in [-0.4, -0.2) is 59.0 Å². The van der Waals surface area contributed by atoms with Gasteiger partial charge in [-0.15, -0.1) is 0 Å². The molecule has 2 heterocycles. The predicted octanol–water partition coefficient (Wildman–Crippen LogP) is 3.81. The van der Waals surface area contributed by atoms with Gasteiger partial charge in [0.25, 0.3) is 5.91 Å². The number of fused-ring (bicyclic) bond motifs is 1. The highest BCUT2D eigenvalue weighted by atomic mass is 35.5. The fourth-order valence-corrected chi connectivity index (χ4v) is 4.80. The molecule has 1 unspecified atom stereocenters. The summed E-state index contributed by atoms with van der Waals surface area (Å²) in [6, 6.07) is 4.57. The van der Waals surface area contributed by atoms with Crippen LogP contribution in [0, 0.1) is 0 Å². The minimum atomic E-state index is -0.120. The standard InChI is InChI=1S/C21H30ClN5O/c1-3-26-9-10-27(14(2)13-26)19-12-18-17(11-16(19)22)24-20(25-18)21(28)23-15-7-5-4-6-8-15/h11-12,14-15H,3-10,13H2,1-2H3,(H,23,28)(H,24,25). The summed E-state index contributed by atoms with van der Waals surface area (Å²) in [7, 11) is 0. The first kappa shape index (κ1) is 19.5. The molecule has 2 N–H and O–H groups in total. The van der Waals surface area contributed by atoms with Crippen LogP contribution in [0.5, 0.6) is 0 Å². The molecule has 1 aliphatic heterocycles. The lowest BCUT2D eigenvalue weighted by atomic mass is 9.95. The summed E-state index contributed by atoms with van der Waals surface area (Å²) in [5.74, 6) is 0.253. The molecule has 0 spiro atoms. The Bertz CT molecular complexity index is 845. The number of nitrogens with one attached hydrogen (secondary N) is 2. The Kier molecular flexibility index (Phi) is 5.78. The van der Waals surface area contributed by atoms with E-state index in [2.05, 4.69) is 38.9 Å². The lowest BCUT2D eigenvalue weighted by Gasteiger charge is -2.41. The number of carbonyl (C=O) groups excluding carboxylic acids is 1. The highest BCUT2D eigenvalue weighted by Crippen LogP contribution is 2.32. The Hall–Kier alpha value is -1.79. The van der Waals surface area contributed by atoms with Gasteiger partial charge in [0.05, 0.1) is 21.7 Å². The van der Waals surface area contributed by atoms with Gasteiger partial charge in [-0.05, 0) is 38.4 Å². The first-order chi connectivity index (χ1) is 13.5. The number of aromatic amines is 1. The molecule has 6 nitrogen and oxygen atoms in total. The van der Waals surface area contributed by atoms with E-state index in [9.17, 15) is 4.79 Å². The summed E-state index contributed by atoms with van der Waals surface area (Å²) >= 11 is 6.61. The molecular weight excluding hydrogens is 374 g/mol. The lowest BCUT2D eigenvalue weighted by molar-refractivity contribution is 0.0918. The van der Waals surface area contributed by atoms with Crippen LogP contribution in [0.3, 0.4) is 0 Å². The molecule has 2 aromatic rings. The van der Waals surface area contributed by atoms with Gasteiger partial charge in [0.15, 0.2) is 5.82 Å². The first-order valence-corrected chi connectivity index (χ1v) is 10.9. The molecule has 152 valence electrons. The molecule has 7 heteroatoms. The molecule has 0 radical (unpaired) electrons. The zero-order valence-corrected chi connectivity index (χ0v) is 17.6. The summed E-state index contributed by atoms with van der Waals surface area (Å²) in [6.45, 7) is 8.51. The SMILES string of the molecule is CCN1CCN(c2cc3nc(C(=O)NC4CCCCC4)[nH]c3cc2Cl)C(C)C1. The number of likely N-dealkylation sites (N-methyl/N-ethyl adjacent to an activating group) is 1. The van der Waals surface area contributed by atoms with Gasteiger partial charge in [-0.2, -0.15) is 0 Å². The molecule has 1 amide bonds. The third kappa shape index (κ3) is 3.98. The van der Waals surface area contributed by atoms with Crippen LogP contribution in [0.15, 0.2) is 12.1 Å². The number of anilines is 1. The Morgan fingerprint density at radius 3 is 2.79 bits per heavy atom. The maximum Gasteiger partial charge on any atom is 0.287 e. The van der Waals surface area contributed by atoms with Gasteiger partial charge < -0.3 is 15.2 Å². The summed E-state index contributed by atoms with van der Waals surface area (Å²) in [4.78, 5) is 25.1. The van der Waals surface area contributed by atoms with Crippen molar-refractivity contribution < 1.29 is 4.79 Å². The Balaban J connectivity index is 1.54. The number of carbonyl (C=O) groups is 1. The fraction of sp³-hybridized carbons (Fsp3) is 0.619. The zero-order chi connectivity index (χ0) is 19.7. The van der Waals surface area contributed by atoms with Gasteiger partial charge >= 0.3 is 0 Å². The summed E-state index contributed by atoms with van der Waals surface area (Å²) in [6.07, 6.45) is 5.76. The normalized spacial score (nSPS) is 22.0. The number of aromatic nitrogens is 2. The number of hydrogen-bond donors (Lipinski definition) is 2. The number of nitrogens with zero attached hydrogens (tertiary/aromatic N) is 3. The maximum atomic E-state index is 12.6. The summed E-state index contributed by atoms with van der Waals surface area (Å²) < 4.78 is 0. The van der Waals surface area contributed by atoms with E-state index in [1.165, 1.54) is 19.3 Å². The minimum absolute atomic E-state index is 0.120. The van der Waals surface area contributed by atoms with Crippen molar-refractivity contribution in [2.45, 2.75) is 58.0 Å². The van der Waals surface area contributed by atoms with E-state index in [1.54, 1.807) is 0 Å². The molecule has 1 saturated heterocycles. The van der Waals surface area contributed by atoms with Gasteiger partial charge in [0.1, 0.15) is 0 Å². The average Bonchev–Trinajstić information content (AvgIpc) is 3.11. The minimum Gasteiger partial charge on any atom is -0.365 e. The quantitative estimate of drug-likeness (QED) is 0.814. The molecule has 1 atom stereocenters. The third-order valence-electron chi connectivity index (χ3n) is 6.17. The van der Waals surface area contributed by atoms with Crippen molar-refractivity contribution in [1.82, 2.24) is 20.2 Å². The van der Waals surface area contributed by atoms with Gasteiger partial charge in [-0.25, -0.2) is 4.98 Å². The second-order valence-corrected chi connectivity index (χ2v) is 8.56. The van der Waals surface area contributed by atoms with E-state index in [0.717, 1.165) is 55.7 Å². The van der Waals surface area contributed by atoms with Crippen molar-refractivity contribution in [3.05, 3.63) is 23.0 Å². The fourth-order valence-electron chi connectivity index (χ4n) is 4.53. The molecule has 1 saturated carbocycles. The average molecular weight is 404 g/mol. The van der Waals surface area contributed by atoms with Crippen LogP contribution in [-0.2, 0) is 0 Å². The largest absolute Gasteiger partial charge is 0.365 e. The van der Waals surface area contributed by atoms with Gasteiger partial charge in [0.2, 0.25) is 0 Å². The lowest BCUT2D eigenvalue weighted by Crippen LogP contribution is -2.51. The van der Waals surface area contributed by atoms with Crippen molar-refractivity contribution in [1.29, 1.82) is 0 Å². The molecule has 1 aromatic heterocycles. The molecule has 0 bridgehead atoms. The number of rotatable bonds is 4. The van der Waals surface area contributed by atoms with Crippen LogP contribution in [0.25, 0.3) is 11.0 Å². The highest BCUT2D eigenvalue weighted by Gasteiger charge is 2.25. The number of benzene rings is 1. The Morgan fingerprint density at radius 1 is 1.29 bits per heavy atom. The van der Waals surface area contributed by atoms with E-state index in [-0.39, 0.29) is 11.9 Å². The first-order valence-electron chi connectivity index (χ1n) is 10.5. The highest BCUT2D eigenvalue weighted by molar-refractivity contribution is 6.34. The smallest absolute Gasteiger partial charge is 0.287 e. The van der Waals surface area contributed by atoms with E-state index in [0.29, 0.717) is 16.9 Å². The van der Waals surface area contributed by atoms with Crippen LogP contribution >= 0.6 is 11.6 Å². The van der Waals surface area contributed by atoms with Crippen LogP contribution in [0.1, 0.15) is 56.6 Å². The molecule has 1 aromatic carbocycles. The third-order valence-corrected chi connectivity index (χ3v) is 6.48. The molecule has 2 aliphatic rings. The topological polar surface area (TPSA) is 64.3 Å². The number of hydrogen-bond acceptors (Lipinski definition) is 4. The Labute approximate surface area is 171 Å². The number of imidazole rings is 1. The van der Waals surface area contributed by atoms with Crippen LogP contribution in [0.2, 0.25) is 5.02 Å². The van der Waals surface area contributed by atoms with E-state index in [1.807, 2.05) is 12.1 Å². The molecule has 4 rings (SSSR count). The summed E-state index contributed by atoms with van der Waals surface area (Å²) in [5.41, 5.74) is 2.60. The van der Waals surface area contributed by atoms with Crippen LogP contribution < -0.4 is 10.2 Å². The van der Waals surface area contributed by atoms with E-state index in [4.69, 9.17) is 11.6 Å². The molecule has 2 fully saturated rings. The second-order valence-electron chi connectivity index (χ2n) is 8.15. The number of amides is 1. The van der Waals surface area contributed by atoms with Crippen molar-refractivity contribution in [3.63, 3.8) is 0 Å². The van der Waals surface area contributed by atoms with E-state index >= 15 is 0 Å².